The Labute approximate surface area is 131 Å². The van der Waals surface area contributed by atoms with Gasteiger partial charge in [0.1, 0.15) is 6.54 Å². The molecule has 0 unspecified atom stereocenters. The molecule has 0 radical (unpaired) electrons. The Morgan fingerprint density at radius 2 is 1.91 bits per heavy atom. The van der Waals surface area contributed by atoms with E-state index in [1.165, 1.54) is 22.8 Å². The first-order valence-electron chi connectivity index (χ1n) is 7.62. The van der Waals surface area contributed by atoms with Crippen LogP contribution in [0.2, 0.25) is 0 Å². The van der Waals surface area contributed by atoms with Gasteiger partial charge in [-0.25, -0.2) is 4.79 Å². The van der Waals surface area contributed by atoms with Crippen LogP contribution in [-0.4, -0.2) is 33.4 Å². The zero-order valence-electron chi connectivity index (χ0n) is 12.6. The van der Waals surface area contributed by atoms with Crippen molar-refractivity contribution in [2.45, 2.75) is 32.2 Å². The molecule has 1 fully saturated rings. The van der Waals surface area contributed by atoms with E-state index in [9.17, 15) is 19.7 Å². The minimum absolute atomic E-state index is 0.107. The Morgan fingerprint density at radius 3 is 2.57 bits per heavy atom. The molecular weight excluding hydrogens is 302 g/mol. The second-order valence-corrected chi connectivity index (χ2v) is 5.66. The first kappa shape index (κ1) is 15.3. The van der Waals surface area contributed by atoms with Gasteiger partial charge in [0.2, 0.25) is 5.91 Å². The molecule has 122 valence electrons. The highest BCUT2D eigenvalue weighted by Crippen LogP contribution is 2.20. The molecule has 8 nitrogen and oxygen atoms in total. The van der Waals surface area contributed by atoms with Gasteiger partial charge in [0.25, 0.3) is 5.69 Å². The third kappa shape index (κ3) is 3.10. The molecule has 0 aliphatic carbocycles. The molecule has 1 aromatic carbocycles. The summed E-state index contributed by atoms with van der Waals surface area (Å²) in [6.07, 6.45) is 4.17. The van der Waals surface area contributed by atoms with Crippen molar-refractivity contribution in [3.63, 3.8) is 0 Å². The molecule has 3 rings (SSSR count). The molecule has 0 spiro atoms. The number of hydrogen-bond donors (Lipinski definition) is 0. The lowest BCUT2D eigenvalue weighted by Crippen LogP contribution is -2.36. The van der Waals surface area contributed by atoms with Crippen molar-refractivity contribution >= 4 is 22.7 Å². The average molecular weight is 319 g/mol. The van der Waals surface area contributed by atoms with Crippen LogP contribution in [0.1, 0.15) is 25.7 Å². The van der Waals surface area contributed by atoms with Crippen molar-refractivity contribution < 1.29 is 14.1 Å². The topological polar surface area (TPSA) is 98.6 Å². The molecule has 0 bridgehead atoms. The standard InChI is InChI=1S/C15H17N3O5/c19-14(16-7-3-1-2-4-8-16)10-17-12-6-5-11(18(21)22)9-13(12)23-15(17)20/h5-6,9H,1-4,7-8,10H2. The number of nitro benzene ring substituents is 1. The summed E-state index contributed by atoms with van der Waals surface area (Å²) in [5.41, 5.74) is 0.355. The maximum atomic E-state index is 12.4. The zero-order chi connectivity index (χ0) is 16.4. The van der Waals surface area contributed by atoms with E-state index in [1.807, 2.05) is 0 Å². The number of non-ortho nitro benzene ring substituents is 1. The van der Waals surface area contributed by atoms with Crippen molar-refractivity contribution in [1.82, 2.24) is 9.47 Å². The minimum atomic E-state index is -0.677. The van der Waals surface area contributed by atoms with Gasteiger partial charge in [-0.1, -0.05) is 12.8 Å². The molecular formula is C15H17N3O5. The number of oxazole rings is 1. The van der Waals surface area contributed by atoms with Gasteiger partial charge in [-0.05, 0) is 18.9 Å². The van der Waals surface area contributed by atoms with Crippen molar-refractivity contribution in [2.24, 2.45) is 0 Å². The SMILES string of the molecule is O=C(Cn1c(=O)oc2cc([N+](=O)[O-])ccc21)N1CCCCCC1. The maximum Gasteiger partial charge on any atom is 0.420 e. The Morgan fingerprint density at radius 1 is 1.22 bits per heavy atom. The number of fused-ring (bicyclic) bond motifs is 1. The second kappa shape index (κ2) is 6.23. The molecule has 1 saturated heterocycles. The van der Waals surface area contributed by atoms with Crippen molar-refractivity contribution in [2.75, 3.05) is 13.1 Å². The number of hydrogen-bond acceptors (Lipinski definition) is 5. The lowest BCUT2D eigenvalue weighted by Gasteiger charge is -2.20. The van der Waals surface area contributed by atoms with E-state index in [-0.39, 0.29) is 23.7 Å². The van der Waals surface area contributed by atoms with E-state index in [1.54, 1.807) is 4.90 Å². The number of carbonyl (C=O) groups is 1. The van der Waals surface area contributed by atoms with Crippen LogP contribution in [0.25, 0.3) is 11.1 Å². The lowest BCUT2D eigenvalue weighted by molar-refractivity contribution is -0.384. The summed E-state index contributed by atoms with van der Waals surface area (Å²) in [7, 11) is 0. The Bertz CT molecular complexity index is 799. The van der Waals surface area contributed by atoms with Crippen molar-refractivity contribution in [3.8, 4) is 0 Å². The molecule has 1 amide bonds. The van der Waals surface area contributed by atoms with Gasteiger partial charge in [-0.15, -0.1) is 0 Å². The smallest absolute Gasteiger partial charge is 0.407 e. The second-order valence-electron chi connectivity index (χ2n) is 5.66. The summed E-state index contributed by atoms with van der Waals surface area (Å²) in [5, 5.41) is 10.8. The van der Waals surface area contributed by atoms with Gasteiger partial charge in [0.15, 0.2) is 5.58 Å². The molecule has 1 aliphatic heterocycles. The highest BCUT2D eigenvalue weighted by atomic mass is 16.6. The molecule has 1 aliphatic rings. The fourth-order valence-electron chi connectivity index (χ4n) is 2.87. The Kier molecular flexibility index (Phi) is 4.14. The van der Waals surface area contributed by atoms with Gasteiger partial charge in [-0.3, -0.25) is 19.5 Å². The summed E-state index contributed by atoms with van der Waals surface area (Å²) in [6, 6.07) is 3.93. The average Bonchev–Trinajstić information content (AvgIpc) is 2.72. The first-order valence-corrected chi connectivity index (χ1v) is 7.62. The van der Waals surface area contributed by atoms with Crippen LogP contribution in [0.4, 0.5) is 5.69 Å². The van der Waals surface area contributed by atoms with E-state index in [0.29, 0.717) is 18.6 Å². The van der Waals surface area contributed by atoms with Crippen LogP contribution < -0.4 is 5.76 Å². The van der Waals surface area contributed by atoms with Crippen LogP contribution in [0.15, 0.2) is 27.4 Å². The van der Waals surface area contributed by atoms with Crippen LogP contribution in [0, 0.1) is 10.1 Å². The Hall–Kier alpha value is -2.64. The fourth-order valence-corrected chi connectivity index (χ4v) is 2.87. The number of aromatic nitrogens is 1. The Balaban J connectivity index is 1.87. The monoisotopic (exact) mass is 319 g/mol. The zero-order valence-corrected chi connectivity index (χ0v) is 12.6. The summed E-state index contributed by atoms with van der Waals surface area (Å²) < 4.78 is 6.26. The molecule has 2 aromatic rings. The molecule has 23 heavy (non-hydrogen) atoms. The number of carbonyl (C=O) groups excluding carboxylic acids is 1. The molecule has 0 N–H and O–H groups in total. The number of nitro groups is 1. The first-order chi connectivity index (χ1) is 11.1. The third-order valence-corrected chi connectivity index (χ3v) is 4.11. The highest BCUT2D eigenvalue weighted by molar-refractivity contribution is 5.80. The van der Waals surface area contributed by atoms with Crippen LogP contribution >= 0.6 is 0 Å². The predicted molar refractivity (Wildman–Crippen MR) is 82.2 cm³/mol. The molecule has 2 heterocycles. The molecule has 0 atom stereocenters. The van der Waals surface area contributed by atoms with Crippen molar-refractivity contribution in [1.29, 1.82) is 0 Å². The van der Waals surface area contributed by atoms with Crippen molar-refractivity contribution in [3.05, 3.63) is 38.9 Å². The quantitative estimate of drug-likeness (QED) is 0.635. The van der Waals surface area contributed by atoms with Gasteiger partial charge >= 0.3 is 5.76 Å². The van der Waals surface area contributed by atoms with Crippen LogP contribution in [-0.2, 0) is 11.3 Å². The maximum absolute atomic E-state index is 12.4. The third-order valence-electron chi connectivity index (χ3n) is 4.11. The highest BCUT2D eigenvalue weighted by Gasteiger charge is 2.20. The number of rotatable bonds is 3. The fraction of sp³-hybridized carbons (Fsp3) is 0.467. The molecule has 8 heteroatoms. The summed E-state index contributed by atoms with van der Waals surface area (Å²) in [6.45, 7) is 1.30. The van der Waals surface area contributed by atoms with E-state index >= 15 is 0 Å². The van der Waals surface area contributed by atoms with Gasteiger partial charge in [-0.2, -0.15) is 0 Å². The normalized spacial score (nSPS) is 15.6. The largest absolute Gasteiger partial charge is 0.420 e. The number of benzene rings is 1. The summed E-state index contributed by atoms with van der Waals surface area (Å²) >= 11 is 0. The van der Waals surface area contributed by atoms with Gasteiger partial charge in [0, 0.05) is 19.2 Å². The van der Waals surface area contributed by atoms with E-state index in [4.69, 9.17) is 4.42 Å². The minimum Gasteiger partial charge on any atom is -0.407 e. The molecule has 0 saturated carbocycles. The number of nitrogens with zero attached hydrogens (tertiary/aromatic N) is 3. The van der Waals surface area contributed by atoms with Crippen LogP contribution in [0.3, 0.4) is 0 Å². The number of amides is 1. The summed E-state index contributed by atoms with van der Waals surface area (Å²) in [4.78, 5) is 36.3. The van der Waals surface area contributed by atoms with E-state index in [0.717, 1.165) is 25.7 Å². The summed E-state index contributed by atoms with van der Waals surface area (Å²) in [5.74, 6) is -0.807. The predicted octanol–water partition coefficient (Wildman–Crippen LogP) is 1.91. The van der Waals surface area contributed by atoms with E-state index in [2.05, 4.69) is 0 Å². The van der Waals surface area contributed by atoms with E-state index < -0.39 is 10.7 Å². The van der Waals surface area contributed by atoms with Gasteiger partial charge < -0.3 is 9.32 Å². The molecule has 1 aromatic heterocycles. The number of likely N-dealkylation sites (tertiary alicyclic amines) is 1. The van der Waals surface area contributed by atoms with Gasteiger partial charge in [0.05, 0.1) is 16.5 Å². The van der Waals surface area contributed by atoms with Crippen LogP contribution in [0.5, 0.6) is 0 Å². The lowest BCUT2D eigenvalue weighted by atomic mass is 10.2.